The summed E-state index contributed by atoms with van der Waals surface area (Å²) in [5.41, 5.74) is 4.98. The average Bonchev–Trinajstić information content (AvgIpc) is 2.57. The zero-order valence-corrected chi connectivity index (χ0v) is 10.9. The molecule has 3 rings (SSSR count). The molecule has 0 aliphatic carbocycles. The van der Waals surface area contributed by atoms with E-state index in [2.05, 4.69) is 42.3 Å². The van der Waals surface area contributed by atoms with E-state index >= 15 is 0 Å². The highest BCUT2D eigenvalue weighted by Gasteiger charge is 2.35. The summed E-state index contributed by atoms with van der Waals surface area (Å²) in [6.45, 7) is 9.26. The molecule has 2 nitrogen and oxygen atoms in total. The summed E-state index contributed by atoms with van der Waals surface area (Å²) in [6, 6.07) is 6.87. The second-order valence-corrected chi connectivity index (χ2v) is 5.64. The summed E-state index contributed by atoms with van der Waals surface area (Å²) >= 11 is 0. The van der Waals surface area contributed by atoms with Gasteiger partial charge in [-0.2, -0.15) is 0 Å². The van der Waals surface area contributed by atoms with E-state index in [1.165, 1.54) is 30.6 Å². The van der Waals surface area contributed by atoms with E-state index in [0.29, 0.717) is 5.41 Å². The summed E-state index contributed by atoms with van der Waals surface area (Å²) in [4.78, 5) is 2.59. The molecule has 0 aromatic heterocycles. The lowest BCUT2D eigenvalue weighted by Crippen LogP contribution is -2.40. The molecule has 0 spiro atoms. The van der Waals surface area contributed by atoms with Crippen molar-refractivity contribution in [1.82, 2.24) is 5.32 Å². The van der Waals surface area contributed by atoms with Crippen LogP contribution in [0, 0.1) is 0 Å². The highest BCUT2D eigenvalue weighted by molar-refractivity contribution is 5.64. The van der Waals surface area contributed by atoms with Gasteiger partial charge in [0.2, 0.25) is 0 Å². The maximum Gasteiger partial charge on any atom is 0.0450 e. The SMILES string of the molecule is CC[C@@]1(C)CCN2CCNCc3cccc1c32. The fourth-order valence-corrected chi connectivity index (χ4v) is 3.25. The Morgan fingerprint density at radius 3 is 3.06 bits per heavy atom. The van der Waals surface area contributed by atoms with Gasteiger partial charge in [-0.05, 0) is 29.4 Å². The number of nitrogens with zero attached hydrogens (tertiary/aromatic N) is 1. The Bertz CT molecular complexity index is 427. The first kappa shape index (κ1) is 11.1. The number of hydrogen-bond donors (Lipinski definition) is 1. The number of anilines is 1. The molecule has 0 saturated carbocycles. The van der Waals surface area contributed by atoms with Gasteiger partial charge in [-0.3, -0.25) is 0 Å². The number of hydrogen-bond acceptors (Lipinski definition) is 2. The average molecular weight is 230 g/mol. The third kappa shape index (κ3) is 1.66. The molecule has 92 valence electrons. The monoisotopic (exact) mass is 230 g/mol. The van der Waals surface area contributed by atoms with Gasteiger partial charge in [0.25, 0.3) is 0 Å². The summed E-state index contributed by atoms with van der Waals surface area (Å²) in [5, 5.41) is 3.53. The molecule has 0 amide bonds. The third-order valence-electron chi connectivity index (χ3n) is 4.67. The minimum absolute atomic E-state index is 0.381. The molecule has 0 radical (unpaired) electrons. The van der Waals surface area contributed by atoms with Crippen LogP contribution in [0.25, 0.3) is 0 Å². The second kappa shape index (κ2) is 4.02. The molecule has 0 fully saturated rings. The lowest BCUT2D eigenvalue weighted by molar-refractivity contribution is 0.401. The van der Waals surface area contributed by atoms with Crippen molar-refractivity contribution in [3.8, 4) is 0 Å². The molecular weight excluding hydrogens is 208 g/mol. The Morgan fingerprint density at radius 1 is 1.35 bits per heavy atom. The molecule has 0 saturated heterocycles. The topological polar surface area (TPSA) is 15.3 Å². The van der Waals surface area contributed by atoms with Crippen molar-refractivity contribution in [3.63, 3.8) is 0 Å². The molecular formula is C15H22N2. The smallest absolute Gasteiger partial charge is 0.0450 e. The van der Waals surface area contributed by atoms with E-state index in [1.807, 2.05) is 0 Å². The predicted molar refractivity (Wildman–Crippen MR) is 72.6 cm³/mol. The van der Waals surface area contributed by atoms with Gasteiger partial charge in [-0.25, -0.2) is 0 Å². The normalized spacial score (nSPS) is 27.5. The maximum atomic E-state index is 3.53. The lowest BCUT2D eigenvalue weighted by atomic mass is 9.73. The van der Waals surface area contributed by atoms with E-state index in [-0.39, 0.29) is 0 Å². The van der Waals surface area contributed by atoms with Crippen LogP contribution in [0.1, 0.15) is 37.8 Å². The fourth-order valence-electron chi connectivity index (χ4n) is 3.25. The van der Waals surface area contributed by atoms with Crippen LogP contribution in [0.5, 0.6) is 0 Å². The van der Waals surface area contributed by atoms with Gasteiger partial charge >= 0.3 is 0 Å². The van der Waals surface area contributed by atoms with E-state index in [9.17, 15) is 0 Å². The Balaban J connectivity index is 2.17. The van der Waals surface area contributed by atoms with Gasteiger partial charge in [0.05, 0.1) is 0 Å². The number of benzene rings is 1. The van der Waals surface area contributed by atoms with E-state index in [0.717, 1.165) is 19.6 Å². The lowest BCUT2D eigenvalue weighted by Gasteiger charge is -2.42. The van der Waals surface area contributed by atoms with Crippen LogP contribution in [0.15, 0.2) is 18.2 Å². The fraction of sp³-hybridized carbons (Fsp3) is 0.600. The van der Waals surface area contributed by atoms with Crippen molar-refractivity contribution >= 4 is 5.69 Å². The van der Waals surface area contributed by atoms with Crippen LogP contribution in [-0.2, 0) is 12.0 Å². The van der Waals surface area contributed by atoms with E-state index in [4.69, 9.17) is 0 Å². The van der Waals surface area contributed by atoms with E-state index < -0.39 is 0 Å². The summed E-state index contributed by atoms with van der Waals surface area (Å²) < 4.78 is 0. The molecule has 1 aromatic carbocycles. The second-order valence-electron chi connectivity index (χ2n) is 5.64. The van der Waals surface area contributed by atoms with Gasteiger partial charge in [-0.15, -0.1) is 0 Å². The highest BCUT2D eigenvalue weighted by Crippen LogP contribution is 2.43. The van der Waals surface area contributed by atoms with E-state index in [1.54, 1.807) is 5.56 Å². The van der Waals surface area contributed by atoms with Crippen LogP contribution in [-0.4, -0.2) is 19.6 Å². The molecule has 1 atom stereocenters. The summed E-state index contributed by atoms with van der Waals surface area (Å²) in [5.74, 6) is 0. The quantitative estimate of drug-likeness (QED) is 0.798. The van der Waals surface area contributed by atoms with Crippen molar-refractivity contribution in [2.24, 2.45) is 0 Å². The van der Waals surface area contributed by atoms with Crippen LogP contribution in [0.2, 0.25) is 0 Å². The van der Waals surface area contributed by atoms with Gasteiger partial charge in [0.15, 0.2) is 0 Å². The van der Waals surface area contributed by atoms with Gasteiger partial charge < -0.3 is 10.2 Å². The molecule has 0 unspecified atom stereocenters. The minimum Gasteiger partial charge on any atom is -0.370 e. The van der Waals surface area contributed by atoms with Crippen LogP contribution in [0.3, 0.4) is 0 Å². The Morgan fingerprint density at radius 2 is 2.24 bits per heavy atom. The van der Waals surface area contributed by atoms with Gasteiger partial charge in [0, 0.05) is 31.9 Å². The predicted octanol–water partition coefficient (Wildman–Crippen LogP) is 2.67. The molecule has 17 heavy (non-hydrogen) atoms. The number of para-hydroxylation sites is 1. The largest absolute Gasteiger partial charge is 0.370 e. The number of rotatable bonds is 1. The molecule has 2 heterocycles. The maximum absolute atomic E-state index is 3.53. The molecule has 0 bridgehead atoms. The van der Waals surface area contributed by atoms with Crippen LogP contribution in [0.4, 0.5) is 5.69 Å². The Labute approximate surface area is 104 Å². The summed E-state index contributed by atoms with van der Waals surface area (Å²) in [6.07, 6.45) is 2.53. The van der Waals surface area contributed by atoms with Crippen LogP contribution < -0.4 is 10.2 Å². The van der Waals surface area contributed by atoms with Crippen molar-refractivity contribution in [2.75, 3.05) is 24.5 Å². The first-order chi connectivity index (χ1) is 8.24. The molecule has 1 aromatic rings. The molecule has 2 aliphatic heterocycles. The molecule has 2 aliphatic rings. The van der Waals surface area contributed by atoms with Crippen LogP contribution >= 0.6 is 0 Å². The molecule has 2 heteroatoms. The summed E-state index contributed by atoms with van der Waals surface area (Å²) in [7, 11) is 0. The molecule has 1 N–H and O–H groups in total. The minimum atomic E-state index is 0.381. The van der Waals surface area contributed by atoms with Crippen molar-refractivity contribution < 1.29 is 0 Å². The standard InChI is InChI=1S/C15H22N2/c1-3-15(2)7-9-17-10-8-16-11-12-5-4-6-13(15)14(12)17/h4-6,16H,3,7-11H2,1-2H3/t15-/m0/s1. The third-order valence-corrected chi connectivity index (χ3v) is 4.67. The highest BCUT2D eigenvalue weighted by atomic mass is 15.2. The number of nitrogens with one attached hydrogen (secondary N) is 1. The van der Waals surface area contributed by atoms with Crippen molar-refractivity contribution in [3.05, 3.63) is 29.3 Å². The Kier molecular flexibility index (Phi) is 2.62. The van der Waals surface area contributed by atoms with Crippen molar-refractivity contribution in [1.29, 1.82) is 0 Å². The van der Waals surface area contributed by atoms with Crippen molar-refractivity contribution in [2.45, 2.75) is 38.6 Å². The zero-order chi connectivity index (χ0) is 11.9. The van der Waals surface area contributed by atoms with Gasteiger partial charge in [-0.1, -0.05) is 32.0 Å². The Hall–Kier alpha value is -1.02. The first-order valence-corrected chi connectivity index (χ1v) is 6.82. The zero-order valence-electron chi connectivity index (χ0n) is 10.9. The van der Waals surface area contributed by atoms with Gasteiger partial charge in [0.1, 0.15) is 0 Å². The first-order valence-electron chi connectivity index (χ1n) is 6.82.